The molecule has 0 saturated carbocycles. The van der Waals surface area contributed by atoms with Crippen LogP contribution in [-0.2, 0) is 0 Å². The van der Waals surface area contributed by atoms with E-state index in [4.69, 9.17) is 4.42 Å². The number of aromatic carboxylic acids is 1. The standard InChI is InChI=1S/C17H13NO4/c19-14(11-7-3-1-4-8-11)16-18-13(17(20)21)15(22-16)12-9-5-2-6-10-12/h1-10,14,19H,(H,20,21). The quantitative estimate of drug-likeness (QED) is 0.772. The van der Waals surface area contributed by atoms with Gasteiger partial charge in [0, 0.05) is 5.56 Å². The Morgan fingerprint density at radius 2 is 1.59 bits per heavy atom. The van der Waals surface area contributed by atoms with Gasteiger partial charge in [0.2, 0.25) is 5.89 Å². The van der Waals surface area contributed by atoms with Crippen molar-refractivity contribution in [3.05, 3.63) is 77.8 Å². The van der Waals surface area contributed by atoms with E-state index in [1.54, 1.807) is 48.5 Å². The molecule has 0 aliphatic carbocycles. The molecule has 110 valence electrons. The summed E-state index contributed by atoms with van der Waals surface area (Å²) in [6.45, 7) is 0. The fourth-order valence-electron chi connectivity index (χ4n) is 2.16. The summed E-state index contributed by atoms with van der Waals surface area (Å²) in [6.07, 6.45) is -1.11. The number of carboxylic acids is 1. The van der Waals surface area contributed by atoms with E-state index < -0.39 is 12.1 Å². The van der Waals surface area contributed by atoms with Gasteiger partial charge in [0.15, 0.2) is 17.6 Å². The van der Waals surface area contributed by atoms with Crippen LogP contribution in [0.4, 0.5) is 0 Å². The summed E-state index contributed by atoms with van der Waals surface area (Å²) >= 11 is 0. The van der Waals surface area contributed by atoms with E-state index in [0.717, 1.165) is 0 Å². The molecule has 0 saturated heterocycles. The van der Waals surface area contributed by atoms with Gasteiger partial charge >= 0.3 is 5.97 Å². The highest BCUT2D eigenvalue weighted by molar-refractivity contribution is 5.92. The molecule has 0 aliphatic rings. The summed E-state index contributed by atoms with van der Waals surface area (Å²) in [5.74, 6) is -1.10. The molecule has 2 N–H and O–H groups in total. The van der Waals surface area contributed by atoms with Crippen LogP contribution in [0.3, 0.4) is 0 Å². The zero-order chi connectivity index (χ0) is 15.5. The van der Waals surface area contributed by atoms with Gasteiger partial charge in [0.25, 0.3) is 0 Å². The van der Waals surface area contributed by atoms with Crippen molar-refractivity contribution in [1.82, 2.24) is 4.98 Å². The molecule has 0 aliphatic heterocycles. The Bertz CT molecular complexity index is 781. The Morgan fingerprint density at radius 3 is 2.18 bits per heavy atom. The van der Waals surface area contributed by atoms with Crippen molar-refractivity contribution >= 4 is 5.97 Å². The lowest BCUT2D eigenvalue weighted by Gasteiger charge is -2.05. The number of carboxylic acid groups (broad SMARTS) is 1. The number of aromatic nitrogens is 1. The van der Waals surface area contributed by atoms with Crippen molar-refractivity contribution in [3.8, 4) is 11.3 Å². The van der Waals surface area contributed by atoms with Crippen molar-refractivity contribution in [3.63, 3.8) is 0 Å². The first-order valence-corrected chi connectivity index (χ1v) is 6.69. The highest BCUT2D eigenvalue weighted by Crippen LogP contribution is 2.29. The molecular formula is C17H13NO4. The Balaban J connectivity index is 2.06. The van der Waals surface area contributed by atoms with E-state index in [9.17, 15) is 15.0 Å². The molecule has 1 unspecified atom stereocenters. The molecule has 5 heteroatoms. The lowest BCUT2D eigenvalue weighted by atomic mass is 10.1. The van der Waals surface area contributed by atoms with Crippen LogP contribution in [0, 0.1) is 0 Å². The van der Waals surface area contributed by atoms with E-state index in [2.05, 4.69) is 4.98 Å². The van der Waals surface area contributed by atoms with E-state index >= 15 is 0 Å². The Hall–Kier alpha value is -2.92. The normalized spacial score (nSPS) is 12.0. The molecule has 1 atom stereocenters. The number of nitrogens with zero attached hydrogens (tertiary/aromatic N) is 1. The number of hydrogen-bond donors (Lipinski definition) is 2. The maximum absolute atomic E-state index is 11.4. The number of hydrogen-bond acceptors (Lipinski definition) is 4. The smallest absolute Gasteiger partial charge is 0.358 e. The van der Waals surface area contributed by atoms with Crippen LogP contribution in [0.5, 0.6) is 0 Å². The summed E-state index contributed by atoms with van der Waals surface area (Å²) in [5.41, 5.74) is 0.968. The minimum absolute atomic E-state index is 0.0394. The number of aliphatic hydroxyl groups excluding tert-OH is 1. The van der Waals surface area contributed by atoms with Crippen molar-refractivity contribution < 1.29 is 19.4 Å². The van der Waals surface area contributed by atoms with Crippen molar-refractivity contribution in [2.24, 2.45) is 0 Å². The summed E-state index contributed by atoms with van der Waals surface area (Å²) in [4.78, 5) is 15.3. The van der Waals surface area contributed by atoms with Crippen LogP contribution in [0.25, 0.3) is 11.3 Å². The third-order valence-corrected chi connectivity index (χ3v) is 3.23. The van der Waals surface area contributed by atoms with Crippen LogP contribution >= 0.6 is 0 Å². The van der Waals surface area contributed by atoms with E-state index in [1.807, 2.05) is 12.1 Å². The fraction of sp³-hybridized carbons (Fsp3) is 0.0588. The van der Waals surface area contributed by atoms with Gasteiger partial charge in [0.05, 0.1) is 0 Å². The van der Waals surface area contributed by atoms with Gasteiger partial charge in [-0.05, 0) is 5.56 Å². The van der Waals surface area contributed by atoms with Crippen LogP contribution in [0.2, 0.25) is 0 Å². The maximum Gasteiger partial charge on any atom is 0.358 e. The molecule has 0 bridgehead atoms. The Labute approximate surface area is 126 Å². The number of rotatable bonds is 4. The lowest BCUT2D eigenvalue weighted by molar-refractivity contribution is 0.0691. The molecule has 0 fully saturated rings. The van der Waals surface area contributed by atoms with E-state index in [-0.39, 0.29) is 17.3 Å². The zero-order valence-corrected chi connectivity index (χ0v) is 11.5. The highest BCUT2D eigenvalue weighted by Gasteiger charge is 2.25. The monoisotopic (exact) mass is 295 g/mol. The van der Waals surface area contributed by atoms with Gasteiger partial charge in [-0.3, -0.25) is 0 Å². The van der Waals surface area contributed by atoms with E-state index in [1.165, 1.54) is 0 Å². The molecule has 0 radical (unpaired) electrons. The average molecular weight is 295 g/mol. The van der Waals surface area contributed by atoms with Crippen LogP contribution in [0.1, 0.15) is 28.0 Å². The second-order valence-corrected chi connectivity index (χ2v) is 4.71. The molecule has 3 aromatic rings. The van der Waals surface area contributed by atoms with Gasteiger partial charge in [-0.2, -0.15) is 0 Å². The molecule has 1 heterocycles. The molecule has 2 aromatic carbocycles. The second kappa shape index (κ2) is 5.83. The number of benzene rings is 2. The predicted octanol–water partition coefficient (Wildman–Crippen LogP) is 3.12. The first kappa shape index (κ1) is 14.0. The Morgan fingerprint density at radius 1 is 1.00 bits per heavy atom. The van der Waals surface area contributed by atoms with Gasteiger partial charge in [-0.25, -0.2) is 9.78 Å². The average Bonchev–Trinajstić information content (AvgIpc) is 3.01. The Kier molecular flexibility index (Phi) is 3.72. The molecule has 3 rings (SSSR count). The summed E-state index contributed by atoms with van der Waals surface area (Å²) < 4.78 is 5.54. The molecular weight excluding hydrogens is 282 g/mol. The minimum Gasteiger partial charge on any atom is -0.476 e. The summed E-state index contributed by atoms with van der Waals surface area (Å²) in [7, 11) is 0. The van der Waals surface area contributed by atoms with Crippen molar-refractivity contribution in [1.29, 1.82) is 0 Å². The zero-order valence-electron chi connectivity index (χ0n) is 11.5. The fourth-order valence-corrected chi connectivity index (χ4v) is 2.16. The molecule has 5 nitrogen and oxygen atoms in total. The second-order valence-electron chi connectivity index (χ2n) is 4.71. The minimum atomic E-state index is -1.20. The predicted molar refractivity (Wildman–Crippen MR) is 79.4 cm³/mol. The number of carbonyl (C=O) groups is 1. The summed E-state index contributed by atoms with van der Waals surface area (Å²) in [5, 5.41) is 19.6. The molecule has 0 amide bonds. The summed E-state index contributed by atoms with van der Waals surface area (Å²) in [6, 6.07) is 17.6. The first-order valence-electron chi connectivity index (χ1n) is 6.69. The van der Waals surface area contributed by atoms with Crippen LogP contribution in [-0.4, -0.2) is 21.2 Å². The van der Waals surface area contributed by atoms with Gasteiger partial charge in [-0.1, -0.05) is 60.7 Å². The van der Waals surface area contributed by atoms with E-state index in [0.29, 0.717) is 11.1 Å². The topological polar surface area (TPSA) is 83.6 Å². The van der Waals surface area contributed by atoms with Crippen molar-refractivity contribution in [2.45, 2.75) is 6.10 Å². The van der Waals surface area contributed by atoms with Gasteiger partial charge in [-0.15, -0.1) is 0 Å². The van der Waals surface area contributed by atoms with Crippen LogP contribution in [0.15, 0.2) is 65.1 Å². The number of oxazole rings is 1. The third kappa shape index (κ3) is 2.62. The van der Waals surface area contributed by atoms with Gasteiger partial charge in [0.1, 0.15) is 0 Å². The lowest BCUT2D eigenvalue weighted by Crippen LogP contribution is -2.02. The maximum atomic E-state index is 11.4. The largest absolute Gasteiger partial charge is 0.476 e. The van der Waals surface area contributed by atoms with Crippen LogP contribution < -0.4 is 0 Å². The molecule has 1 aromatic heterocycles. The van der Waals surface area contributed by atoms with Gasteiger partial charge < -0.3 is 14.6 Å². The molecule has 0 spiro atoms. The first-order chi connectivity index (χ1) is 10.7. The highest BCUT2D eigenvalue weighted by atomic mass is 16.4. The number of aliphatic hydroxyl groups is 1. The SMILES string of the molecule is O=C(O)c1nc(C(O)c2ccccc2)oc1-c1ccccc1. The molecule has 22 heavy (non-hydrogen) atoms. The third-order valence-electron chi connectivity index (χ3n) is 3.23. The van der Waals surface area contributed by atoms with Crippen molar-refractivity contribution in [2.75, 3.05) is 0 Å².